The van der Waals surface area contributed by atoms with Crippen LogP contribution in [0.25, 0.3) is 0 Å². The van der Waals surface area contributed by atoms with E-state index in [0.717, 1.165) is 0 Å². The average molecular weight is 316 g/mol. The van der Waals surface area contributed by atoms with Gasteiger partial charge in [-0.1, -0.05) is 5.18 Å². The monoisotopic (exact) mass is 316 g/mol. The second-order valence-corrected chi connectivity index (χ2v) is 5.22. The largest absolute Gasteiger partial charge is 0.470 e. The van der Waals surface area contributed by atoms with Crippen LogP contribution in [-0.4, -0.2) is 67.8 Å². The zero-order valence-corrected chi connectivity index (χ0v) is 10.6. The summed E-state index contributed by atoms with van der Waals surface area (Å²) in [5.74, 6) is 0. The van der Waals surface area contributed by atoms with Crippen molar-refractivity contribution >= 4 is 13.9 Å². The summed E-state index contributed by atoms with van der Waals surface area (Å²) >= 11 is 0. The van der Waals surface area contributed by atoms with Crippen LogP contribution in [0.3, 0.4) is 0 Å². The van der Waals surface area contributed by atoms with Crippen molar-refractivity contribution < 1.29 is 43.7 Å². The van der Waals surface area contributed by atoms with E-state index >= 15 is 0 Å². The fourth-order valence-electron chi connectivity index (χ4n) is 1.86. The zero-order valence-electron chi connectivity index (χ0n) is 9.71. The van der Waals surface area contributed by atoms with Crippen LogP contribution in [0.15, 0.2) is 5.18 Å². The molecular weight excluding hydrogens is 303 g/mol. The maximum Gasteiger partial charge on any atom is 0.470 e. The van der Waals surface area contributed by atoms with Crippen LogP contribution in [-0.2, 0) is 13.8 Å². The first kappa shape index (κ1) is 16.9. The van der Waals surface area contributed by atoms with Crippen molar-refractivity contribution in [3.63, 3.8) is 0 Å². The standard InChI is InChI=1S/C7H13N2O10P/c8-7(13)18-6-2(10)1(9-14)5(3(11)4(6)12)19-20(15,16)17/h1-6,10-12H,(H2,8,13)(H2,15,16,17)/t1-,2-,3-,4+,5+,6+/m1/s1. The molecule has 0 radical (unpaired) electrons. The Labute approximate surface area is 111 Å². The molecule has 1 amide bonds. The molecule has 1 aliphatic carbocycles. The molecule has 1 fully saturated rings. The van der Waals surface area contributed by atoms with Crippen LogP contribution >= 0.6 is 7.82 Å². The molecule has 12 nitrogen and oxygen atoms in total. The van der Waals surface area contributed by atoms with Crippen molar-refractivity contribution in [2.45, 2.75) is 36.6 Å². The first-order valence-electron chi connectivity index (χ1n) is 5.15. The molecule has 0 aliphatic heterocycles. The Balaban J connectivity index is 3.04. The smallest absolute Gasteiger partial charge is 0.441 e. The summed E-state index contributed by atoms with van der Waals surface area (Å²) in [5.41, 5.74) is 4.69. The Bertz CT molecular complexity index is 426. The summed E-state index contributed by atoms with van der Waals surface area (Å²) in [6.07, 6.45) is -11.2. The topological polar surface area (TPSA) is 209 Å². The Kier molecular flexibility index (Phi) is 5.15. The van der Waals surface area contributed by atoms with Gasteiger partial charge < -0.3 is 35.6 Å². The number of rotatable bonds is 4. The molecule has 0 saturated heterocycles. The lowest BCUT2D eigenvalue weighted by atomic mass is 9.83. The van der Waals surface area contributed by atoms with Crippen molar-refractivity contribution in [3.8, 4) is 0 Å². The molecular formula is C7H13N2O10P. The number of nitrogens with zero attached hydrogens (tertiary/aromatic N) is 1. The van der Waals surface area contributed by atoms with Gasteiger partial charge in [0.15, 0.2) is 12.1 Å². The fourth-order valence-corrected chi connectivity index (χ4v) is 2.43. The number of amides is 1. The molecule has 0 aromatic carbocycles. The van der Waals surface area contributed by atoms with E-state index in [0.29, 0.717) is 0 Å². The lowest BCUT2D eigenvalue weighted by Gasteiger charge is -2.41. The number of hydrogen-bond acceptors (Lipinski definition) is 9. The summed E-state index contributed by atoms with van der Waals surface area (Å²) in [6.45, 7) is 0. The van der Waals surface area contributed by atoms with Crippen molar-refractivity contribution in [3.05, 3.63) is 4.91 Å². The van der Waals surface area contributed by atoms with Gasteiger partial charge in [-0.15, -0.1) is 0 Å². The first-order chi connectivity index (χ1) is 9.08. The Morgan fingerprint density at radius 2 is 1.60 bits per heavy atom. The Hall–Kier alpha value is -1.14. The molecule has 0 unspecified atom stereocenters. The molecule has 0 bridgehead atoms. The van der Waals surface area contributed by atoms with E-state index in [1.54, 1.807) is 0 Å². The maximum atomic E-state index is 10.7. The van der Waals surface area contributed by atoms with Crippen LogP contribution in [0.5, 0.6) is 0 Å². The number of aliphatic hydroxyl groups is 3. The number of nitroso groups, excluding NO2 is 1. The minimum atomic E-state index is -5.14. The highest BCUT2D eigenvalue weighted by molar-refractivity contribution is 7.46. The molecule has 0 heterocycles. The number of phosphoric acid groups is 1. The van der Waals surface area contributed by atoms with Gasteiger partial charge in [0.05, 0.1) is 0 Å². The highest BCUT2D eigenvalue weighted by Crippen LogP contribution is 2.42. The van der Waals surface area contributed by atoms with E-state index in [2.05, 4.69) is 20.2 Å². The maximum absolute atomic E-state index is 10.7. The van der Waals surface area contributed by atoms with Crippen LogP contribution in [0.1, 0.15) is 0 Å². The molecule has 0 aromatic rings. The van der Waals surface area contributed by atoms with E-state index in [-0.39, 0.29) is 0 Å². The summed E-state index contributed by atoms with van der Waals surface area (Å²) < 4.78 is 19.2. The number of nitrogens with two attached hydrogens (primary N) is 1. The normalized spacial score (nSPS) is 38.2. The van der Waals surface area contributed by atoms with Crippen LogP contribution in [0.2, 0.25) is 0 Å². The molecule has 116 valence electrons. The van der Waals surface area contributed by atoms with Gasteiger partial charge >= 0.3 is 13.9 Å². The minimum Gasteiger partial charge on any atom is -0.441 e. The van der Waals surface area contributed by atoms with E-state index in [9.17, 15) is 29.6 Å². The lowest BCUT2D eigenvalue weighted by Crippen LogP contribution is -2.64. The average Bonchev–Trinajstić information content (AvgIpc) is 2.30. The van der Waals surface area contributed by atoms with Crippen LogP contribution in [0.4, 0.5) is 4.79 Å². The molecule has 6 atom stereocenters. The van der Waals surface area contributed by atoms with Crippen molar-refractivity contribution in [2.75, 3.05) is 0 Å². The Morgan fingerprint density at radius 3 is 2.00 bits per heavy atom. The predicted octanol–water partition coefficient (Wildman–Crippen LogP) is -2.84. The summed E-state index contributed by atoms with van der Waals surface area (Å²) in [5, 5.41) is 31.3. The van der Waals surface area contributed by atoms with Crippen LogP contribution in [0, 0.1) is 4.91 Å². The first-order valence-corrected chi connectivity index (χ1v) is 6.68. The number of aliphatic hydroxyl groups excluding tert-OH is 3. The molecule has 7 N–H and O–H groups in total. The SMILES string of the molecule is NC(=O)O[C@H]1[C@H](O)[C@@H](N=O)[C@H](OP(=O)(O)O)[C@H](O)[C@@H]1O. The van der Waals surface area contributed by atoms with Crippen molar-refractivity contribution in [2.24, 2.45) is 10.9 Å². The summed E-state index contributed by atoms with van der Waals surface area (Å²) in [6, 6.07) is -1.90. The molecule has 0 spiro atoms. The predicted molar refractivity (Wildman–Crippen MR) is 59.0 cm³/mol. The highest BCUT2D eigenvalue weighted by Gasteiger charge is 2.54. The second kappa shape index (κ2) is 6.10. The van der Waals surface area contributed by atoms with E-state index in [1.165, 1.54) is 0 Å². The quantitative estimate of drug-likeness (QED) is 0.231. The number of carbonyl (C=O) groups is 1. The number of hydrogen-bond donors (Lipinski definition) is 6. The van der Waals surface area contributed by atoms with Gasteiger partial charge in [-0.25, -0.2) is 9.36 Å². The zero-order chi connectivity index (χ0) is 15.7. The van der Waals surface area contributed by atoms with Gasteiger partial charge in [0.1, 0.15) is 24.4 Å². The van der Waals surface area contributed by atoms with Gasteiger partial charge in [0.2, 0.25) is 0 Å². The molecule has 1 saturated carbocycles. The molecule has 1 rings (SSSR count). The Morgan fingerprint density at radius 1 is 1.10 bits per heavy atom. The van der Waals surface area contributed by atoms with E-state index in [4.69, 9.17) is 9.79 Å². The lowest BCUT2D eigenvalue weighted by molar-refractivity contribution is -0.180. The molecule has 0 aromatic heterocycles. The third kappa shape index (κ3) is 3.70. The molecule has 13 heteroatoms. The van der Waals surface area contributed by atoms with Crippen molar-refractivity contribution in [1.29, 1.82) is 0 Å². The highest BCUT2D eigenvalue weighted by atomic mass is 31.2. The van der Waals surface area contributed by atoms with Gasteiger partial charge in [0, 0.05) is 0 Å². The second-order valence-electron chi connectivity index (χ2n) is 4.03. The number of primary amides is 1. The molecule has 20 heavy (non-hydrogen) atoms. The van der Waals surface area contributed by atoms with Crippen LogP contribution < -0.4 is 5.73 Å². The van der Waals surface area contributed by atoms with Gasteiger partial charge in [-0.2, -0.15) is 4.91 Å². The van der Waals surface area contributed by atoms with E-state index < -0.39 is 50.5 Å². The third-order valence-corrected chi connectivity index (χ3v) is 3.20. The summed E-state index contributed by atoms with van der Waals surface area (Å²) in [4.78, 5) is 38.5. The molecule has 1 aliphatic rings. The number of phosphoric ester groups is 1. The van der Waals surface area contributed by atoms with Crippen molar-refractivity contribution in [1.82, 2.24) is 0 Å². The third-order valence-electron chi connectivity index (χ3n) is 2.68. The van der Waals surface area contributed by atoms with Gasteiger partial charge in [-0.05, 0) is 0 Å². The fraction of sp³-hybridized carbons (Fsp3) is 0.857. The van der Waals surface area contributed by atoms with Gasteiger partial charge in [0.25, 0.3) is 0 Å². The number of ether oxygens (including phenoxy) is 1. The van der Waals surface area contributed by atoms with E-state index in [1.807, 2.05) is 0 Å². The minimum absolute atomic E-state index is 1.40. The summed E-state index contributed by atoms with van der Waals surface area (Å²) in [7, 11) is -5.14. The number of carbonyl (C=O) groups excluding carboxylic acids is 1. The van der Waals surface area contributed by atoms with Gasteiger partial charge in [-0.3, -0.25) is 4.52 Å².